The molecular formula is C66H71N12O3Y-. The SMILES string of the molecule is C=C.C=C.CC(=O)N1CC=C(c2ccc(NC3CCc4cccc(-c5cccc(-n6ncc(C(=O)O)c6C)n5)c43)nc2C)CC1.Cc1cnn(-c2cccc(-c3cccc4c3C(Nc3ccc(C5=CC[N-]CC5)c(C)n3)CC4)n2)c1C.[Y]. The molecule has 16 heteroatoms. The van der Waals surface area contributed by atoms with E-state index in [1.807, 2.05) is 53.0 Å². The number of rotatable bonds is 11. The zero-order valence-electron chi connectivity index (χ0n) is 47.9. The van der Waals surface area contributed by atoms with Gasteiger partial charge in [-0.2, -0.15) is 10.2 Å². The summed E-state index contributed by atoms with van der Waals surface area (Å²) in [4.78, 5) is 44.8. The number of benzene rings is 2. The number of aromatic carboxylic acids is 1. The summed E-state index contributed by atoms with van der Waals surface area (Å²) in [7, 11) is 0. The molecule has 0 bridgehead atoms. The Kier molecular flexibility index (Phi) is 19.9. The van der Waals surface area contributed by atoms with E-state index in [2.05, 4.69) is 152 Å². The van der Waals surface area contributed by atoms with Gasteiger partial charge in [0, 0.05) is 80.9 Å². The van der Waals surface area contributed by atoms with E-state index in [1.54, 1.807) is 18.5 Å². The Hall–Kier alpha value is -7.98. The van der Waals surface area contributed by atoms with Crippen LogP contribution >= 0.6 is 0 Å². The first-order valence-electron chi connectivity index (χ1n) is 27.6. The van der Waals surface area contributed by atoms with Crippen LogP contribution in [0, 0.1) is 34.6 Å². The molecule has 2 unspecified atom stereocenters. The summed E-state index contributed by atoms with van der Waals surface area (Å²) in [5.74, 6) is 2.27. The Balaban J connectivity index is 0.000000202. The fourth-order valence-corrected chi connectivity index (χ4v) is 11.4. The number of aryl methyl sites for hydroxylation is 5. The monoisotopic (exact) mass is 1170 g/mol. The number of fused-ring (bicyclic) bond motifs is 2. The van der Waals surface area contributed by atoms with E-state index in [0.29, 0.717) is 18.1 Å². The van der Waals surface area contributed by atoms with Gasteiger partial charge in [0.1, 0.15) is 17.2 Å². The number of aromatic nitrogens is 8. The number of nitrogens with zero attached hydrogens (tertiary/aromatic N) is 10. The molecule has 2 aliphatic carbocycles. The van der Waals surface area contributed by atoms with E-state index >= 15 is 0 Å². The molecule has 0 fully saturated rings. The van der Waals surface area contributed by atoms with Gasteiger partial charge in [-0.1, -0.05) is 54.6 Å². The van der Waals surface area contributed by atoms with Crippen LogP contribution in [-0.4, -0.2) is 87.6 Å². The van der Waals surface area contributed by atoms with Crippen LogP contribution in [0.2, 0.25) is 0 Å². The summed E-state index contributed by atoms with van der Waals surface area (Å²) >= 11 is 0. The molecule has 12 rings (SSSR count). The number of hydrogen-bond donors (Lipinski definition) is 3. The van der Waals surface area contributed by atoms with Crippen molar-refractivity contribution in [1.82, 2.24) is 44.4 Å². The number of nitrogens with one attached hydrogen (secondary N) is 2. The van der Waals surface area contributed by atoms with Gasteiger partial charge in [0.25, 0.3) is 0 Å². The number of pyridine rings is 4. The Bertz CT molecular complexity index is 3690. The van der Waals surface area contributed by atoms with E-state index in [-0.39, 0.29) is 56.3 Å². The third-order valence-electron chi connectivity index (χ3n) is 15.6. The fraction of sp³-hybridized carbons (Fsp3) is 0.273. The molecule has 1 radical (unpaired) electrons. The van der Waals surface area contributed by atoms with E-state index in [9.17, 15) is 14.7 Å². The van der Waals surface area contributed by atoms with Gasteiger partial charge in [-0.15, -0.1) is 45.5 Å². The van der Waals surface area contributed by atoms with Crippen LogP contribution in [0.1, 0.15) is 117 Å². The zero-order valence-corrected chi connectivity index (χ0v) is 50.8. The number of carboxylic acids is 1. The quantitative estimate of drug-likeness (QED) is 0.105. The second kappa shape index (κ2) is 27.2. The van der Waals surface area contributed by atoms with Crippen molar-refractivity contribution in [1.29, 1.82) is 0 Å². The van der Waals surface area contributed by atoms with E-state index < -0.39 is 5.97 Å². The maximum Gasteiger partial charge on any atom is 0.339 e. The molecule has 8 aromatic rings. The maximum atomic E-state index is 11.7. The molecule has 2 aromatic carbocycles. The molecule has 417 valence electrons. The molecule has 2 aliphatic heterocycles. The molecule has 0 spiro atoms. The first-order valence-corrected chi connectivity index (χ1v) is 27.6. The average Bonchev–Trinajstić information content (AvgIpc) is 4.32. The van der Waals surface area contributed by atoms with Crippen LogP contribution in [0.15, 0.2) is 148 Å². The van der Waals surface area contributed by atoms with Crippen LogP contribution in [0.4, 0.5) is 11.6 Å². The molecular weight excluding hydrogens is 1100 g/mol. The topological polar surface area (TPSA) is 183 Å². The normalized spacial score (nSPS) is 15.8. The van der Waals surface area contributed by atoms with Gasteiger partial charge >= 0.3 is 5.97 Å². The first kappa shape index (κ1) is 60.1. The molecule has 1 amide bonds. The largest absolute Gasteiger partial charge is 0.659 e. The molecule has 3 N–H and O–H groups in total. The standard InChI is InChI=1S/C32H32N6O3.C30H31N6.2C2H4.Y/c1-19-24(22-14-16-37(17-15-22)21(3)39)11-13-29(34-19)35-28-12-10-23-6-4-7-25(31(23)28)27-8-5-9-30(36-27)38-20(2)26(18-33-38)32(40)41;1-19-18-32-36(21(19)3)29-9-5-8-26(35-29)25-7-4-6-23-10-12-27(30(23)25)34-28-13-11-24(20(2)33-28)22-14-16-31-17-15-22;2*1-2;/h4-9,11,13-14,18,28H,10,12,15-17H2,1-3H3,(H,34,35)(H,40,41);4-9,11,13-14,18,27H,10,12,15-17H2,1-3H3,(H,33,34);2*1-2H2;/q;-1;;;. The van der Waals surface area contributed by atoms with Crippen molar-refractivity contribution in [2.24, 2.45) is 0 Å². The first-order chi connectivity index (χ1) is 39.4. The van der Waals surface area contributed by atoms with E-state index in [4.69, 9.17) is 19.9 Å². The van der Waals surface area contributed by atoms with Crippen molar-refractivity contribution in [2.45, 2.75) is 92.2 Å². The molecule has 15 nitrogen and oxygen atoms in total. The van der Waals surface area contributed by atoms with Crippen molar-refractivity contribution < 1.29 is 47.4 Å². The number of carbonyl (C=O) groups is 2. The summed E-state index contributed by atoms with van der Waals surface area (Å²) in [6.45, 7) is 26.7. The van der Waals surface area contributed by atoms with Crippen molar-refractivity contribution in [3.05, 3.63) is 221 Å². The van der Waals surface area contributed by atoms with Crippen LogP contribution < -0.4 is 10.6 Å². The minimum absolute atomic E-state index is 0. The number of hydrogen-bond acceptors (Lipinski definition) is 10. The van der Waals surface area contributed by atoms with Gasteiger partial charge in [0.05, 0.1) is 41.6 Å². The predicted molar refractivity (Wildman–Crippen MR) is 325 cm³/mol. The molecule has 6 aromatic heterocycles. The van der Waals surface area contributed by atoms with Gasteiger partial charge < -0.3 is 26.0 Å². The molecule has 0 saturated heterocycles. The Morgan fingerprint density at radius 2 is 1.11 bits per heavy atom. The van der Waals surface area contributed by atoms with Crippen LogP contribution in [-0.2, 0) is 50.3 Å². The minimum Gasteiger partial charge on any atom is -0.659 e. The smallest absolute Gasteiger partial charge is 0.339 e. The molecule has 8 heterocycles. The van der Waals surface area contributed by atoms with Gasteiger partial charge in [-0.3, -0.25) is 4.79 Å². The summed E-state index contributed by atoms with van der Waals surface area (Å²) in [6, 6.07) is 33.6. The molecule has 82 heavy (non-hydrogen) atoms. The predicted octanol–water partition coefficient (Wildman–Crippen LogP) is 13.5. The summed E-state index contributed by atoms with van der Waals surface area (Å²) in [5, 5.41) is 30.1. The van der Waals surface area contributed by atoms with E-state index in [1.165, 1.54) is 50.7 Å². The van der Waals surface area contributed by atoms with Crippen LogP contribution in [0.5, 0.6) is 0 Å². The number of carboxylic acid groups (broad SMARTS) is 1. The number of anilines is 2. The van der Waals surface area contributed by atoms with Crippen molar-refractivity contribution in [3.63, 3.8) is 0 Å². The molecule has 2 atom stereocenters. The Morgan fingerprint density at radius 3 is 1.55 bits per heavy atom. The zero-order chi connectivity index (χ0) is 57.3. The Morgan fingerprint density at radius 1 is 0.598 bits per heavy atom. The van der Waals surface area contributed by atoms with Gasteiger partial charge in [0.2, 0.25) is 5.91 Å². The van der Waals surface area contributed by atoms with Crippen molar-refractivity contribution >= 4 is 34.7 Å². The third kappa shape index (κ3) is 12.9. The van der Waals surface area contributed by atoms with Crippen LogP contribution in [0.3, 0.4) is 0 Å². The van der Waals surface area contributed by atoms with Crippen molar-refractivity contribution in [2.75, 3.05) is 36.8 Å². The summed E-state index contributed by atoms with van der Waals surface area (Å²) < 4.78 is 3.49. The van der Waals surface area contributed by atoms with Crippen LogP contribution in [0.25, 0.3) is 50.6 Å². The summed E-state index contributed by atoms with van der Waals surface area (Å²) in [6.07, 6.45) is 13.4. The van der Waals surface area contributed by atoms with E-state index in [0.717, 1.165) is 121 Å². The second-order valence-corrected chi connectivity index (χ2v) is 20.4. The Labute approximate surface area is 506 Å². The minimum atomic E-state index is -1.01. The number of carbonyl (C=O) groups excluding carboxylic acids is 1. The van der Waals surface area contributed by atoms with Gasteiger partial charge in [-0.25, -0.2) is 34.1 Å². The number of amides is 1. The fourth-order valence-electron chi connectivity index (χ4n) is 11.4. The third-order valence-corrected chi connectivity index (χ3v) is 15.6. The van der Waals surface area contributed by atoms with Crippen molar-refractivity contribution in [3.8, 4) is 34.2 Å². The molecule has 0 saturated carbocycles. The van der Waals surface area contributed by atoms with Gasteiger partial charge in [-0.05, 0) is 172 Å². The van der Waals surface area contributed by atoms with Gasteiger partial charge in [0.15, 0.2) is 11.6 Å². The molecule has 4 aliphatic rings. The maximum absolute atomic E-state index is 11.7. The second-order valence-electron chi connectivity index (χ2n) is 20.4. The summed E-state index contributed by atoms with van der Waals surface area (Å²) in [5.41, 5.74) is 19.2. The average molecular weight is 1170 g/mol.